The predicted molar refractivity (Wildman–Crippen MR) is 56.7 cm³/mol. The highest BCUT2D eigenvalue weighted by molar-refractivity contribution is 6.04. The first kappa shape index (κ1) is 9.13. The average molecular weight is 204 g/mol. The summed E-state index contributed by atoms with van der Waals surface area (Å²) in [6.45, 7) is 4.41. The van der Waals surface area contributed by atoms with Gasteiger partial charge in [-0.1, -0.05) is 13.8 Å². The molecule has 3 heteroatoms. The van der Waals surface area contributed by atoms with Gasteiger partial charge < -0.3 is 0 Å². The third-order valence-corrected chi connectivity index (χ3v) is 4.24. The monoisotopic (exact) mass is 204 g/mol. The molecular weight excluding hydrogens is 188 g/mol. The highest BCUT2D eigenvalue weighted by Crippen LogP contribution is 2.63. The number of ketones is 1. The van der Waals surface area contributed by atoms with E-state index in [-0.39, 0.29) is 10.8 Å². The van der Waals surface area contributed by atoms with Crippen molar-refractivity contribution in [1.82, 2.24) is 9.78 Å². The van der Waals surface area contributed by atoms with Gasteiger partial charge in [-0.15, -0.1) is 0 Å². The number of nitrogens with zero attached hydrogens (tertiary/aromatic N) is 2. The molecule has 0 aliphatic heterocycles. The maximum absolute atomic E-state index is 12.4. The molecule has 1 fully saturated rings. The van der Waals surface area contributed by atoms with Crippen LogP contribution in [0.15, 0.2) is 6.20 Å². The van der Waals surface area contributed by atoms with E-state index < -0.39 is 0 Å². The number of aromatic nitrogens is 2. The summed E-state index contributed by atoms with van der Waals surface area (Å²) in [5.41, 5.74) is 1.90. The zero-order valence-electron chi connectivity index (χ0n) is 9.50. The Labute approximate surface area is 89.5 Å². The lowest BCUT2D eigenvalue weighted by Gasteiger charge is -2.37. The highest BCUT2D eigenvalue weighted by Gasteiger charge is 2.62. The molecule has 0 aromatic carbocycles. The molecule has 0 amide bonds. The zero-order valence-corrected chi connectivity index (χ0v) is 9.50. The van der Waals surface area contributed by atoms with Crippen molar-refractivity contribution in [2.45, 2.75) is 33.1 Å². The van der Waals surface area contributed by atoms with Crippen LogP contribution in [0.5, 0.6) is 0 Å². The van der Waals surface area contributed by atoms with Gasteiger partial charge >= 0.3 is 0 Å². The Morgan fingerprint density at radius 1 is 1.40 bits per heavy atom. The molecule has 0 radical (unpaired) electrons. The summed E-state index contributed by atoms with van der Waals surface area (Å²) in [6, 6.07) is 0. The van der Waals surface area contributed by atoms with Gasteiger partial charge in [-0.3, -0.25) is 9.48 Å². The number of Topliss-reactive ketones (excluding diaryl/α,β-unsaturated/α-hetero) is 1. The lowest BCUT2D eigenvalue weighted by molar-refractivity contribution is 0.0709. The predicted octanol–water partition coefficient (Wildman–Crippen LogP) is 1.97. The van der Waals surface area contributed by atoms with Gasteiger partial charge in [-0.25, -0.2) is 0 Å². The molecule has 0 unspecified atom stereocenters. The lowest BCUT2D eigenvalue weighted by Crippen LogP contribution is -2.39. The molecule has 1 aromatic heterocycles. The summed E-state index contributed by atoms with van der Waals surface area (Å²) in [5.74, 6) is 0.335. The van der Waals surface area contributed by atoms with Crippen LogP contribution >= 0.6 is 0 Å². The van der Waals surface area contributed by atoms with Crippen LogP contribution in [0.3, 0.4) is 0 Å². The van der Waals surface area contributed by atoms with Crippen molar-refractivity contribution in [3.63, 3.8) is 0 Å². The Kier molecular flexibility index (Phi) is 1.42. The smallest absolute Gasteiger partial charge is 0.172 e. The molecule has 3 nitrogen and oxygen atoms in total. The molecule has 1 saturated carbocycles. The maximum atomic E-state index is 12.4. The van der Waals surface area contributed by atoms with Crippen LogP contribution in [0.1, 0.15) is 42.7 Å². The number of rotatable bonds is 0. The van der Waals surface area contributed by atoms with E-state index in [4.69, 9.17) is 0 Å². The van der Waals surface area contributed by atoms with Gasteiger partial charge in [0.25, 0.3) is 0 Å². The van der Waals surface area contributed by atoms with Gasteiger partial charge in [0.05, 0.1) is 11.3 Å². The summed E-state index contributed by atoms with van der Waals surface area (Å²) in [4.78, 5) is 12.4. The number of hydrogen-bond donors (Lipinski definition) is 0. The van der Waals surface area contributed by atoms with Crippen molar-refractivity contribution < 1.29 is 4.79 Å². The Hall–Kier alpha value is -1.12. The first-order chi connectivity index (χ1) is 6.96. The molecule has 0 saturated heterocycles. The van der Waals surface area contributed by atoms with E-state index in [0.29, 0.717) is 5.78 Å². The second-order valence-electron chi connectivity index (χ2n) is 5.64. The standard InChI is InChI=1S/C12H16N2O/c1-11(2)6-9-8(7-14(3)13-9)10(15)12(11)4-5-12/h7H,4-6H2,1-3H3. The molecule has 0 atom stereocenters. The number of hydrogen-bond acceptors (Lipinski definition) is 2. The van der Waals surface area contributed by atoms with E-state index in [9.17, 15) is 4.79 Å². The van der Waals surface area contributed by atoms with Crippen molar-refractivity contribution in [2.75, 3.05) is 0 Å². The Morgan fingerprint density at radius 2 is 2.07 bits per heavy atom. The SMILES string of the molecule is Cn1cc2c(n1)CC(C)(C)C1(CC1)C2=O. The van der Waals surface area contributed by atoms with Gasteiger partial charge in [0.1, 0.15) is 0 Å². The van der Waals surface area contributed by atoms with Crippen LogP contribution in [-0.2, 0) is 13.5 Å². The van der Waals surface area contributed by atoms with E-state index >= 15 is 0 Å². The van der Waals surface area contributed by atoms with Crippen molar-refractivity contribution >= 4 is 5.78 Å². The van der Waals surface area contributed by atoms with Crippen molar-refractivity contribution in [3.8, 4) is 0 Å². The Morgan fingerprint density at radius 3 is 2.67 bits per heavy atom. The maximum Gasteiger partial charge on any atom is 0.172 e. The number of fused-ring (bicyclic) bond motifs is 1. The van der Waals surface area contributed by atoms with Gasteiger partial charge in [0.15, 0.2) is 5.78 Å². The molecule has 3 rings (SSSR count). The molecular formula is C12H16N2O. The molecule has 15 heavy (non-hydrogen) atoms. The quantitative estimate of drug-likeness (QED) is 0.647. The van der Waals surface area contributed by atoms with E-state index in [2.05, 4.69) is 18.9 Å². The van der Waals surface area contributed by atoms with Crippen LogP contribution < -0.4 is 0 Å². The largest absolute Gasteiger partial charge is 0.293 e. The summed E-state index contributed by atoms with van der Waals surface area (Å²) in [7, 11) is 1.89. The van der Waals surface area contributed by atoms with E-state index in [1.54, 1.807) is 4.68 Å². The second kappa shape index (κ2) is 2.34. The summed E-state index contributed by atoms with van der Waals surface area (Å²) >= 11 is 0. The summed E-state index contributed by atoms with van der Waals surface area (Å²) in [5, 5.41) is 4.39. The Bertz CT molecular complexity index is 452. The van der Waals surface area contributed by atoms with Crippen LogP contribution in [0, 0.1) is 10.8 Å². The van der Waals surface area contributed by atoms with E-state index in [1.165, 1.54) is 0 Å². The van der Waals surface area contributed by atoms with Crippen LogP contribution in [0.4, 0.5) is 0 Å². The van der Waals surface area contributed by atoms with Crippen molar-refractivity contribution in [2.24, 2.45) is 17.9 Å². The van der Waals surface area contributed by atoms with Crippen molar-refractivity contribution in [3.05, 3.63) is 17.5 Å². The fourth-order valence-corrected chi connectivity index (χ4v) is 3.04. The number of aryl methyl sites for hydroxylation is 1. The fourth-order valence-electron chi connectivity index (χ4n) is 3.04. The second-order valence-corrected chi connectivity index (χ2v) is 5.64. The average Bonchev–Trinajstić information content (AvgIpc) is 2.85. The van der Waals surface area contributed by atoms with Gasteiger partial charge in [0, 0.05) is 18.7 Å². The summed E-state index contributed by atoms with van der Waals surface area (Å²) in [6.07, 6.45) is 4.95. The van der Waals surface area contributed by atoms with Crippen LogP contribution in [0.25, 0.3) is 0 Å². The topological polar surface area (TPSA) is 34.9 Å². The lowest BCUT2D eigenvalue weighted by atomic mass is 9.65. The molecule has 2 aliphatic rings. The fraction of sp³-hybridized carbons (Fsp3) is 0.667. The van der Waals surface area contributed by atoms with Crippen LogP contribution in [0.2, 0.25) is 0 Å². The first-order valence-electron chi connectivity index (χ1n) is 5.54. The number of carbonyl (C=O) groups is 1. The molecule has 1 aromatic rings. The van der Waals surface area contributed by atoms with E-state index in [0.717, 1.165) is 30.5 Å². The third kappa shape index (κ3) is 0.959. The molecule has 1 spiro atoms. The molecule has 0 bridgehead atoms. The minimum atomic E-state index is -0.0525. The summed E-state index contributed by atoms with van der Waals surface area (Å²) < 4.78 is 1.76. The molecule has 1 heterocycles. The van der Waals surface area contributed by atoms with Gasteiger partial charge in [-0.2, -0.15) is 5.10 Å². The highest BCUT2D eigenvalue weighted by atomic mass is 16.1. The van der Waals surface area contributed by atoms with E-state index in [1.807, 2.05) is 13.2 Å². The minimum absolute atomic E-state index is 0.0525. The molecule has 2 aliphatic carbocycles. The van der Waals surface area contributed by atoms with Gasteiger partial charge in [0.2, 0.25) is 0 Å². The van der Waals surface area contributed by atoms with Crippen LogP contribution in [-0.4, -0.2) is 15.6 Å². The zero-order chi connectivity index (χ0) is 10.8. The van der Waals surface area contributed by atoms with Gasteiger partial charge in [-0.05, 0) is 24.7 Å². The van der Waals surface area contributed by atoms with Crippen molar-refractivity contribution in [1.29, 1.82) is 0 Å². The number of carbonyl (C=O) groups excluding carboxylic acids is 1. The molecule has 0 N–H and O–H groups in total. The molecule has 80 valence electrons. The normalized spacial score (nSPS) is 25.4. The first-order valence-corrected chi connectivity index (χ1v) is 5.54. The third-order valence-electron chi connectivity index (χ3n) is 4.24. The minimum Gasteiger partial charge on any atom is -0.293 e. The Balaban J connectivity index is 2.18.